The van der Waals surface area contributed by atoms with Crippen molar-refractivity contribution in [2.45, 2.75) is 12.0 Å². The molecule has 1 N–H and O–H groups in total. The second-order valence-electron chi connectivity index (χ2n) is 4.38. The molecule has 1 atom stereocenters. The zero-order chi connectivity index (χ0) is 14.6. The van der Waals surface area contributed by atoms with E-state index in [1.165, 1.54) is 6.08 Å². The number of hydrogen-bond acceptors (Lipinski definition) is 3. The second-order valence-corrected chi connectivity index (χ2v) is 4.38. The summed E-state index contributed by atoms with van der Waals surface area (Å²) in [5.41, 5.74) is 0.235. The summed E-state index contributed by atoms with van der Waals surface area (Å²) in [4.78, 5) is 22.7. The highest BCUT2D eigenvalue weighted by Gasteiger charge is 2.40. The van der Waals surface area contributed by atoms with Crippen molar-refractivity contribution in [2.75, 3.05) is 0 Å². The topological polar surface area (TPSA) is 63.6 Å². The number of esters is 1. The normalized spacial score (nSPS) is 20.9. The highest BCUT2D eigenvalue weighted by molar-refractivity contribution is 5.90. The number of carbonyl (C=O) groups excluding carboxylic acids is 1. The molecule has 0 aliphatic heterocycles. The third kappa shape index (κ3) is 2.69. The summed E-state index contributed by atoms with van der Waals surface area (Å²) in [5, 5.41) is 9.30. The minimum Gasteiger partial charge on any atom is -0.478 e. The lowest BCUT2D eigenvalue weighted by Gasteiger charge is -2.27. The maximum absolute atomic E-state index is 11.4. The van der Waals surface area contributed by atoms with Crippen molar-refractivity contribution in [3.63, 3.8) is 0 Å². The Morgan fingerprint density at radius 3 is 2.50 bits per heavy atom. The van der Waals surface area contributed by atoms with Crippen LogP contribution in [0.15, 0.2) is 61.2 Å². The van der Waals surface area contributed by atoms with Crippen LogP contribution >= 0.6 is 0 Å². The quantitative estimate of drug-likeness (QED) is 0.674. The van der Waals surface area contributed by atoms with Gasteiger partial charge in [0.1, 0.15) is 0 Å². The van der Waals surface area contributed by atoms with Crippen LogP contribution in [0.25, 0.3) is 5.57 Å². The molecule has 4 nitrogen and oxygen atoms in total. The van der Waals surface area contributed by atoms with Crippen LogP contribution in [0.5, 0.6) is 0 Å². The van der Waals surface area contributed by atoms with E-state index in [1.54, 1.807) is 12.2 Å². The van der Waals surface area contributed by atoms with Crippen LogP contribution in [-0.4, -0.2) is 22.6 Å². The van der Waals surface area contributed by atoms with Gasteiger partial charge in [-0.2, -0.15) is 0 Å². The van der Waals surface area contributed by atoms with E-state index in [1.807, 2.05) is 30.3 Å². The monoisotopic (exact) mass is 270 g/mol. The van der Waals surface area contributed by atoms with Crippen molar-refractivity contribution in [1.29, 1.82) is 0 Å². The Balaban J connectivity index is 2.25. The molecule has 1 unspecified atom stereocenters. The van der Waals surface area contributed by atoms with Gasteiger partial charge in [-0.1, -0.05) is 49.1 Å². The standard InChI is InChI=1S/C16H14O4/c1-2-14(17)20-16(15(18)19)10-8-13(9-11-16)12-6-4-3-5-7-12/h2-10H,1,11H2,(H,18,19). The second kappa shape index (κ2) is 5.57. The van der Waals surface area contributed by atoms with E-state index < -0.39 is 17.5 Å². The first kappa shape index (κ1) is 13.8. The number of hydrogen-bond donors (Lipinski definition) is 1. The van der Waals surface area contributed by atoms with Crippen LogP contribution in [0, 0.1) is 0 Å². The summed E-state index contributed by atoms with van der Waals surface area (Å²) in [5.74, 6) is -1.96. The van der Waals surface area contributed by atoms with E-state index >= 15 is 0 Å². The molecule has 0 bridgehead atoms. The van der Waals surface area contributed by atoms with E-state index in [4.69, 9.17) is 4.74 Å². The van der Waals surface area contributed by atoms with Gasteiger partial charge in [-0.15, -0.1) is 0 Å². The van der Waals surface area contributed by atoms with Crippen LogP contribution in [0.4, 0.5) is 0 Å². The van der Waals surface area contributed by atoms with Crippen molar-refractivity contribution in [3.05, 3.63) is 66.8 Å². The first-order valence-corrected chi connectivity index (χ1v) is 6.11. The number of carboxylic acid groups (broad SMARTS) is 1. The summed E-state index contributed by atoms with van der Waals surface area (Å²) >= 11 is 0. The maximum atomic E-state index is 11.4. The van der Waals surface area contributed by atoms with Crippen molar-refractivity contribution in [3.8, 4) is 0 Å². The average molecular weight is 270 g/mol. The fourth-order valence-electron chi connectivity index (χ4n) is 1.97. The molecule has 102 valence electrons. The Morgan fingerprint density at radius 1 is 1.30 bits per heavy atom. The largest absolute Gasteiger partial charge is 0.478 e. The van der Waals surface area contributed by atoms with Gasteiger partial charge in [0.2, 0.25) is 5.60 Å². The van der Waals surface area contributed by atoms with Crippen LogP contribution in [0.1, 0.15) is 12.0 Å². The molecule has 1 aliphatic carbocycles. The first-order valence-electron chi connectivity index (χ1n) is 6.11. The van der Waals surface area contributed by atoms with Crippen LogP contribution < -0.4 is 0 Å². The van der Waals surface area contributed by atoms with E-state index in [0.717, 1.165) is 17.2 Å². The zero-order valence-electron chi connectivity index (χ0n) is 10.8. The molecule has 1 aromatic rings. The molecule has 0 radical (unpaired) electrons. The van der Waals surface area contributed by atoms with Crippen LogP contribution in [-0.2, 0) is 14.3 Å². The fourth-order valence-corrected chi connectivity index (χ4v) is 1.97. The number of ether oxygens (including phenoxy) is 1. The maximum Gasteiger partial charge on any atom is 0.352 e. The molecule has 1 aromatic carbocycles. The number of allylic oxidation sites excluding steroid dienone is 2. The molecular formula is C16H14O4. The van der Waals surface area contributed by atoms with Gasteiger partial charge >= 0.3 is 11.9 Å². The molecule has 0 spiro atoms. The highest BCUT2D eigenvalue weighted by Crippen LogP contribution is 2.30. The molecular weight excluding hydrogens is 256 g/mol. The van der Waals surface area contributed by atoms with Gasteiger partial charge in [0.05, 0.1) is 0 Å². The summed E-state index contributed by atoms with van der Waals surface area (Å²) in [7, 11) is 0. The lowest BCUT2D eigenvalue weighted by molar-refractivity contribution is -0.169. The van der Waals surface area contributed by atoms with Gasteiger partial charge in [-0.25, -0.2) is 9.59 Å². The summed E-state index contributed by atoms with van der Waals surface area (Å²) in [6, 6.07) is 9.57. The Morgan fingerprint density at radius 2 is 2.00 bits per heavy atom. The number of aliphatic carboxylic acids is 1. The number of carboxylic acids is 1. The van der Waals surface area contributed by atoms with Gasteiger partial charge in [0.25, 0.3) is 0 Å². The van der Waals surface area contributed by atoms with E-state index in [9.17, 15) is 14.7 Å². The lowest BCUT2D eigenvalue weighted by atomic mass is 9.89. The van der Waals surface area contributed by atoms with Crippen molar-refractivity contribution in [2.24, 2.45) is 0 Å². The molecule has 2 rings (SSSR count). The molecule has 0 aromatic heterocycles. The molecule has 0 saturated carbocycles. The molecule has 20 heavy (non-hydrogen) atoms. The fraction of sp³-hybridized carbons (Fsp3) is 0.125. The Labute approximate surface area is 116 Å². The Hall–Kier alpha value is -2.62. The molecule has 0 amide bonds. The summed E-state index contributed by atoms with van der Waals surface area (Å²) in [6.45, 7) is 3.27. The van der Waals surface area contributed by atoms with Gasteiger partial charge in [-0.05, 0) is 17.2 Å². The van der Waals surface area contributed by atoms with Crippen molar-refractivity contribution in [1.82, 2.24) is 0 Å². The molecule has 0 heterocycles. The van der Waals surface area contributed by atoms with Crippen LogP contribution in [0.2, 0.25) is 0 Å². The Bertz CT molecular complexity index is 598. The number of carbonyl (C=O) groups is 2. The lowest BCUT2D eigenvalue weighted by Crippen LogP contribution is -2.41. The van der Waals surface area contributed by atoms with Crippen LogP contribution in [0.3, 0.4) is 0 Å². The molecule has 0 saturated heterocycles. The molecule has 0 fully saturated rings. The van der Waals surface area contributed by atoms with Gasteiger partial charge < -0.3 is 9.84 Å². The van der Waals surface area contributed by atoms with Gasteiger partial charge in [-0.3, -0.25) is 0 Å². The van der Waals surface area contributed by atoms with E-state index in [-0.39, 0.29) is 6.42 Å². The molecule has 4 heteroatoms. The average Bonchev–Trinajstić information content (AvgIpc) is 2.48. The third-order valence-corrected chi connectivity index (χ3v) is 3.08. The first-order chi connectivity index (χ1) is 9.57. The smallest absolute Gasteiger partial charge is 0.352 e. The minimum absolute atomic E-state index is 0.0860. The number of rotatable bonds is 4. The highest BCUT2D eigenvalue weighted by atomic mass is 16.6. The predicted molar refractivity (Wildman–Crippen MR) is 74.8 cm³/mol. The molecule has 1 aliphatic rings. The van der Waals surface area contributed by atoms with Crippen molar-refractivity contribution < 1.29 is 19.4 Å². The van der Waals surface area contributed by atoms with Gasteiger partial charge in [0.15, 0.2) is 0 Å². The third-order valence-electron chi connectivity index (χ3n) is 3.08. The SMILES string of the molecule is C=CC(=O)OC1(C(=O)O)C=CC(c2ccccc2)=CC1. The van der Waals surface area contributed by atoms with Gasteiger partial charge in [0, 0.05) is 12.5 Å². The predicted octanol–water partition coefficient (Wildman–Crippen LogP) is 2.58. The summed E-state index contributed by atoms with van der Waals surface area (Å²) < 4.78 is 4.99. The Kier molecular flexibility index (Phi) is 3.84. The van der Waals surface area contributed by atoms with Crippen molar-refractivity contribution >= 4 is 17.5 Å². The summed E-state index contributed by atoms with van der Waals surface area (Å²) in [6.07, 6.45) is 5.85. The zero-order valence-corrected chi connectivity index (χ0v) is 10.8. The van der Waals surface area contributed by atoms with E-state index in [0.29, 0.717) is 0 Å². The number of benzene rings is 1. The minimum atomic E-state index is -1.65. The van der Waals surface area contributed by atoms with E-state index in [2.05, 4.69) is 6.58 Å².